The number of urea groups is 1. The predicted octanol–water partition coefficient (Wildman–Crippen LogP) is 1.42. The fourth-order valence-electron chi connectivity index (χ4n) is 2.32. The van der Waals surface area contributed by atoms with Crippen LogP contribution in [0.1, 0.15) is 25.3 Å². The van der Waals surface area contributed by atoms with Gasteiger partial charge in [-0.05, 0) is 43.9 Å². The van der Waals surface area contributed by atoms with Crippen molar-refractivity contribution in [2.24, 2.45) is 5.73 Å². The van der Waals surface area contributed by atoms with Crippen LogP contribution >= 0.6 is 0 Å². The van der Waals surface area contributed by atoms with Gasteiger partial charge in [-0.25, -0.2) is 9.18 Å². The van der Waals surface area contributed by atoms with Crippen molar-refractivity contribution in [2.75, 3.05) is 6.54 Å². The van der Waals surface area contributed by atoms with Crippen LogP contribution in [0.25, 0.3) is 0 Å². The van der Waals surface area contributed by atoms with Crippen LogP contribution in [0.4, 0.5) is 9.18 Å². The van der Waals surface area contributed by atoms with E-state index >= 15 is 0 Å². The molecule has 5 nitrogen and oxygen atoms in total. The van der Waals surface area contributed by atoms with E-state index in [1.54, 1.807) is 17.9 Å². The smallest absolute Gasteiger partial charge is 0.312 e. The van der Waals surface area contributed by atoms with Crippen LogP contribution in [0, 0.1) is 5.82 Å². The van der Waals surface area contributed by atoms with Crippen LogP contribution in [-0.2, 0) is 11.2 Å². The molecule has 6 heteroatoms. The molecular weight excluding hydrogens is 273 g/mol. The number of carbonyl (C=O) groups is 2. The molecule has 1 aliphatic carbocycles. The Balaban J connectivity index is 1.96. The van der Waals surface area contributed by atoms with Crippen molar-refractivity contribution in [3.8, 4) is 0 Å². The van der Waals surface area contributed by atoms with E-state index < -0.39 is 12.1 Å². The van der Waals surface area contributed by atoms with Gasteiger partial charge in [0, 0.05) is 12.6 Å². The van der Waals surface area contributed by atoms with E-state index in [2.05, 4.69) is 5.32 Å². The van der Waals surface area contributed by atoms with Crippen LogP contribution in [0.5, 0.6) is 0 Å². The summed E-state index contributed by atoms with van der Waals surface area (Å²) in [5.41, 5.74) is 5.89. The highest BCUT2D eigenvalue weighted by Crippen LogP contribution is 2.27. The quantitative estimate of drug-likeness (QED) is 0.832. The van der Waals surface area contributed by atoms with E-state index in [4.69, 9.17) is 5.73 Å². The van der Waals surface area contributed by atoms with Crippen LogP contribution in [0.2, 0.25) is 0 Å². The fraction of sp³-hybridized carbons (Fsp3) is 0.467. The summed E-state index contributed by atoms with van der Waals surface area (Å²) < 4.78 is 13.2. The number of amides is 3. The van der Waals surface area contributed by atoms with Crippen molar-refractivity contribution in [1.29, 1.82) is 0 Å². The number of nitrogens with two attached hydrogens (primary N) is 1. The minimum Gasteiger partial charge on any atom is -0.352 e. The van der Waals surface area contributed by atoms with Gasteiger partial charge in [0.2, 0.25) is 5.91 Å². The number of nitrogens with one attached hydrogen (secondary N) is 1. The monoisotopic (exact) mass is 293 g/mol. The molecule has 21 heavy (non-hydrogen) atoms. The molecule has 0 saturated heterocycles. The lowest BCUT2D eigenvalue weighted by Crippen LogP contribution is -2.49. The first-order valence-electron chi connectivity index (χ1n) is 7.08. The molecular formula is C15H20FN3O2. The highest BCUT2D eigenvalue weighted by atomic mass is 19.1. The van der Waals surface area contributed by atoms with E-state index in [9.17, 15) is 14.0 Å². The Hall–Kier alpha value is -2.11. The zero-order valence-corrected chi connectivity index (χ0v) is 12.0. The summed E-state index contributed by atoms with van der Waals surface area (Å²) in [5.74, 6) is -0.423. The Labute approximate surface area is 123 Å². The topological polar surface area (TPSA) is 75.4 Å². The Morgan fingerprint density at radius 1 is 1.48 bits per heavy atom. The number of primary amides is 1. The average Bonchev–Trinajstić information content (AvgIpc) is 3.22. The summed E-state index contributed by atoms with van der Waals surface area (Å²) >= 11 is 0. The predicted molar refractivity (Wildman–Crippen MR) is 77.0 cm³/mol. The van der Waals surface area contributed by atoms with Crippen LogP contribution < -0.4 is 11.1 Å². The molecule has 0 unspecified atom stereocenters. The third kappa shape index (κ3) is 4.44. The van der Waals surface area contributed by atoms with Gasteiger partial charge in [-0.1, -0.05) is 12.1 Å². The lowest BCUT2D eigenvalue weighted by atomic mass is 10.1. The Kier molecular flexibility index (Phi) is 4.77. The zero-order valence-electron chi connectivity index (χ0n) is 12.0. The number of benzene rings is 1. The molecule has 1 fully saturated rings. The summed E-state index contributed by atoms with van der Waals surface area (Å²) in [4.78, 5) is 24.9. The number of rotatable bonds is 6. The minimum absolute atomic E-state index is 0.146. The molecule has 0 aromatic heterocycles. The second kappa shape index (κ2) is 6.56. The third-order valence-corrected chi connectivity index (χ3v) is 3.53. The summed E-state index contributed by atoms with van der Waals surface area (Å²) in [7, 11) is 0. The van der Waals surface area contributed by atoms with Crippen molar-refractivity contribution in [3.05, 3.63) is 35.6 Å². The summed E-state index contributed by atoms with van der Waals surface area (Å²) in [6.45, 7) is 2.13. The van der Waals surface area contributed by atoms with E-state index in [1.165, 1.54) is 12.1 Å². The number of hydrogen-bond acceptors (Lipinski definition) is 2. The molecule has 0 aliphatic heterocycles. The van der Waals surface area contributed by atoms with Gasteiger partial charge in [-0.3, -0.25) is 4.79 Å². The SMILES string of the molecule is C[C@H](NC(N)=O)C(=O)N(CCc1cccc(F)c1)C1CC1. The largest absolute Gasteiger partial charge is 0.352 e. The lowest BCUT2D eigenvalue weighted by molar-refractivity contribution is -0.133. The second-order valence-corrected chi connectivity index (χ2v) is 5.37. The van der Waals surface area contributed by atoms with Crippen molar-refractivity contribution >= 4 is 11.9 Å². The number of halogens is 1. The van der Waals surface area contributed by atoms with Gasteiger partial charge in [0.25, 0.3) is 0 Å². The van der Waals surface area contributed by atoms with Gasteiger partial charge >= 0.3 is 6.03 Å². The zero-order chi connectivity index (χ0) is 15.4. The van der Waals surface area contributed by atoms with Gasteiger partial charge in [0.05, 0.1) is 0 Å². The molecule has 1 aromatic carbocycles. The Morgan fingerprint density at radius 2 is 2.19 bits per heavy atom. The molecule has 114 valence electrons. The number of carbonyl (C=O) groups excluding carboxylic acids is 2. The Bertz CT molecular complexity index is 531. The maximum absolute atomic E-state index is 13.2. The normalized spacial score (nSPS) is 15.3. The molecule has 2 rings (SSSR count). The molecule has 3 amide bonds. The van der Waals surface area contributed by atoms with E-state index in [1.807, 2.05) is 6.07 Å². The van der Waals surface area contributed by atoms with E-state index in [0.29, 0.717) is 13.0 Å². The molecule has 0 radical (unpaired) electrons. The molecule has 0 bridgehead atoms. The standard InChI is InChI=1S/C15H20FN3O2/c1-10(18-15(17)21)14(20)19(13-5-6-13)8-7-11-3-2-4-12(16)9-11/h2-4,9-10,13H,5-8H2,1H3,(H3,17,18,21)/t10-/m0/s1. The summed E-state index contributed by atoms with van der Waals surface area (Å²) in [6, 6.07) is 5.23. The fourth-order valence-corrected chi connectivity index (χ4v) is 2.32. The van der Waals surface area contributed by atoms with Gasteiger partial charge in [0.1, 0.15) is 11.9 Å². The first-order chi connectivity index (χ1) is 9.97. The van der Waals surface area contributed by atoms with Crippen molar-refractivity contribution in [2.45, 2.75) is 38.3 Å². The lowest BCUT2D eigenvalue weighted by Gasteiger charge is -2.26. The van der Waals surface area contributed by atoms with Crippen molar-refractivity contribution in [3.63, 3.8) is 0 Å². The van der Waals surface area contributed by atoms with Gasteiger partial charge in [0.15, 0.2) is 0 Å². The molecule has 1 aliphatic rings. The second-order valence-electron chi connectivity index (χ2n) is 5.37. The maximum Gasteiger partial charge on any atom is 0.312 e. The highest BCUT2D eigenvalue weighted by molar-refractivity contribution is 5.86. The average molecular weight is 293 g/mol. The number of nitrogens with zero attached hydrogens (tertiary/aromatic N) is 1. The maximum atomic E-state index is 13.2. The number of hydrogen-bond donors (Lipinski definition) is 2. The van der Waals surface area contributed by atoms with Crippen molar-refractivity contribution in [1.82, 2.24) is 10.2 Å². The van der Waals surface area contributed by atoms with E-state index in [0.717, 1.165) is 18.4 Å². The summed E-state index contributed by atoms with van der Waals surface area (Å²) in [5, 5.41) is 2.40. The molecule has 3 N–H and O–H groups in total. The molecule has 0 spiro atoms. The van der Waals surface area contributed by atoms with E-state index in [-0.39, 0.29) is 17.8 Å². The van der Waals surface area contributed by atoms with Crippen LogP contribution in [0.15, 0.2) is 24.3 Å². The van der Waals surface area contributed by atoms with Gasteiger partial charge in [-0.2, -0.15) is 0 Å². The van der Waals surface area contributed by atoms with Crippen molar-refractivity contribution < 1.29 is 14.0 Å². The van der Waals surface area contributed by atoms with Crippen LogP contribution in [-0.4, -0.2) is 35.5 Å². The molecule has 1 aromatic rings. The molecule has 1 saturated carbocycles. The first kappa shape index (κ1) is 15.3. The first-order valence-corrected chi connectivity index (χ1v) is 7.08. The molecule has 0 heterocycles. The minimum atomic E-state index is -0.711. The van der Waals surface area contributed by atoms with Crippen LogP contribution in [0.3, 0.4) is 0 Å². The third-order valence-electron chi connectivity index (χ3n) is 3.53. The highest BCUT2D eigenvalue weighted by Gasteiger charge is 2.34. The molecule has 1 atom stereocenters. The van der Waals surface area contributed by atoms with Gasteiger partial charge < -0.3 is 16.0 Å². The van der Waals surface area contributed by atoms with Gasteiger partial charge in [-0.15, -0.1) is 0 Å². The summed E-state index contributed by atoms with van der Waals surface area (Å²) in [6.07, 6.45) is 2.53. The Morgan fingerprint density at radius 3 is 2.76 bits per heavy atom.